The molecule has 1 rings (SSSR count). The van der Waals surface area contributed by atoms with Gasteiger partial charge in [0.1, 0.15) is 4.34 Å². The van der Waals surface area contributed by atoms with E-state index in [1.165, 1.54) is 30.0 Å². The van der Waals surface area contributed by atoms with Crippen LogP contribution in [0.15, 0.2) is 27.6 Å². The largest absolute Gasteiger partial charge is 0.269 e. The fourth-order valence-electron chi connectivity index (χ4n) is 0.668. The van der Waals surface area contributed by atoms with Crippen LogP contribution < -0.4 is 0 Å². The number of nitrogens with zero attached hydrogens (tertiary/aromatic N) is 1. The summed E-state index contributed by atoms with van der Waals surface area (Å²) in [5, 5.41) is 1.88. The van der Waals surface area contributed by atoms with Gasteiger partial charge in [-0.1, -0.05) is 11.8 Å². The Labute approximate surface area is 83.9 Å². The van der Waals surface area contributed by atoms with Gasteiger partial charge in [-0.3, -0.25) is 0 Å². The van der Waals surface area contributed by atoms with Gasteiger partial charge in [0.25, 0.3) is 6.08 Å². The Hall–Kier alpha value is -0.420. The lowest BCUT2D eigenvalue weighted by Gasteiger charge is -1.97. The molecule has 0 amide bonds. The molecule has 13 heavy (non-hydrogen) atoms. The number of allylic oxidation sites excluding steroid dienone is 1. The van der Waals surface area contributed by atoms with Crippen molar-refractivity contribution in [2.24, 2.45) is 0 Å². The molecule has 1 nitrogen and oxygen atoms in total. The van der Waals surface area contributed by atoms with Crippen LogP contribution in [0.5, 0.6) is 0 Å². The first-order valence-corrected chi connectivity index (χ1v) is 5.59. The van der Waals surface area contributed by atoms with Crippen LogP contribution in [0.1, 0.15) is 13.3 Å². The Morgan fingerprint density at radius 1 is 1.62 bits per heavy atom. The number of hydrogen-bond acceptors (Lipinski definition) is 3. The Kier molecular flexibility index (Phi) is 4.38. The zero-order valence-corrected chi connectivity index (χ0v) is 8.72. The fraction of sp³-hybridized carbons (Fsp3) is 0.375. The van der Waals surface area contributed by atoms with Crippen molar-refractivity contribution < 1.29 is 8.78 Å². The number of rotatable bonds is 4. The van der Waals surface area contributed by atoms with Crippen molar-refractivity contribution in [3.8, 4) is 0 Å². The molecule has 1 heterocycles. The lowest BCUT2D eigenvalue weighted by molar-refractivity contribution is 0.409. The van der Waals surface area contributed by atoms with Crippen LogP contribution in [0.4, 0.5) is 8.78 Å². The Balaban J connectivity index is 2.26. The zero-order chi connectivity index (χ0) is 9.68. The number of thioether (sulfide) groups is 1. The summed E-state index contributed by atoms with van der Waals surface area (Å²) in [6.07, 6.45) is 0.581. The molecular weight excluding hydrogens is 212 g/mol. The molecule has 0 bridgehead atoms. The molecule has 0 N–H and O–H groups in total. The van der Waals surface area contributed by atoms with Gasteiger partial charge >= 0.3 is 0 Å². The molecule has 0 fully saturated rings. The summed E-state index contributed by atoms with van der Waals surface area (Å²) >= 11 is 3.04. The van der Waals surface area contributed by atoms with Gasteiger partial charge in [0.2, 0.25) is 0 Å². The smallest absolute Gasteiger partial charge is 0.238 e. The molecule has 1 aromatic rings. The first kappa shape index (κ1) is 10.7. The number of aromatic nitrogens is 1. The van der Waals surface area contributed by atoms with Crippen LogP contribution in [0.3, 0.4) is 0 Å². The third-order valence-corrected chi connectivity index (χ3v) is 3.40. The third-order valence-electron chi connectivity index (χ3n) is 1.43. The summed E-state index contributed by atoms with van der Waals surface area (Å²) in [7, 11) is 0. The maximum atomic E-state index is 12.0. The summed E-state index contributed by atoms with van der Waals surface area (Å²) in [5.74, 6) is 0.663. The van der Waals surface area contributed by atoms with Crippen molar-refractivity contribution in [1.82, 2.24) is 4.98 Å². The molecule has 0 radical (unpaired) electrons. The van der Waals surface area contributed by atoms with Crippen LogP contribution in [0.25, 0.3) is 0 Å². The quantitative estimate of drug-likeness (QED) is 0.717. The van der Waals surface area contributed by atoms with Crippen LogP contribution in [-0.2, 0) is 0 Å². The van der Waals surface area contributed by atoms with Crippen molar-refractivity contribution in [1.29, 1.82) is 0 Å². The lowest BCUT2D eigenvalue weighted by Crippen LogP contribution is -1.83. The summed E-state index contributed by atoms with van der Waals surface area (Å²) in [5.41, 5.74) is 0.170. The second kappa shape index (κ2) is 5.34. The van der Waals surface area contributed by atoms with E-state index in [2.05, 4.69) is 4.98 Å². The normalized spacial score (nSPS) is 10.1. The van der Waals surface area contributed by atoms with Gasteiger partial charge in [0.15, 0.2) is 0 Å². The molecule has 0 saturated heterocycles. The van der Waals surface area contributed by atoms with E-state index in [0.717, 1.165) is 4.34 Å². The van der Waals surface area contributed by atoms with E-state index in [9.17, 15) is 8.78 Å². The average Bonchev–Trinajstić information content (AvgIpc) is 2.56. The van der Waals surface area contributed by atoms with E-state index in [1.54, 1.807) is 6.20 Å². The predicted molar refractivity (Wildman–Crippen MR) is 52.4 cm³/mol. The lowest BCUT2D eigenvalue weighted by atomic mass is 10.3. The SMILES string of the molecule is CC(CCSc1nccs1)=C(F)F. The molecule has 0 aliphatic heterocycles. The van der Waals surface area contributed by atoms with Gasteiger partial charge in [0, 0.05) is 17.3 Å². The van der Waals surface area contributed by atoms with E-state index in [-0.39, 0.29) is 5.57 Å². The molecule has 0 atom stereocenters. The van der Waals surface area contributed by atoms with Crippen LogP contribution in [0, 0.1) is 0 Å². The number of hydrogen-bond donors (Lipinski definition) is 0. The molecule has 1 aromatic heterocycles. The molecule has 0 spiro atoms. The average molecular weight is 221 g/mol. The fourth-order valence-corrected chi connectivity index (χ4v) is 2.43. The van der Waals surface area contributed by atoms with Gasteiger partial charge in [-0.25, -0.2) is 4.98 Å². The first-order chi connectivity index (χ1) is 6.20. The molecule has 0 aliphatic carbocycles. The van der Waals surface area contributed by atoms with Gasteiger partial charge in [-0.05, 0) is 18.9 Å². The van der Waals surface area contributed by atoms with Gasteiger partial charge in [0.05, 0.1) is 0 Å². The van der Waals surface area contributed by atoms with Crippen molar-refractivity contribution in [2.75, 3.05) is 5.75 Å². The molecule has 72 valence electrons. The summed E-state index contributed by atoms with van der Waals surface area (Å²) in [6.45, 7) is 1.46. The summed E-state index contributed by atoms with van der Waals surface area (Å²) in [4.78, 5) is 4.04. The van der Waals surface area contributed by atoms with Crippen LogP contribution in [0.2, 0.25) is 0 Å². The van der Waals surface area contributed by atoms with E-state index in [0.29, 0.717) is 12.2 Å². The second-order valence-corrected chi connectivity index (χ2v) is 4.67. The Morgan fingerprint density at radius 3 is 2.92 bits per heavy atom. The van der Waals surface area contributed by atoms with Crippen LogP contribution in [-0.4, -0.2) is 10.7 Å². The van der Waals surface area contributed by atoms with Gasteiger partial charge < -0.3 is 0 Å². The highest BCUT2D eigenvalue weighted by atomic mass is 32.2. The highest BCUT2D eigenvalue weighted by molar-refractivity contribution is 8.01. The Bertz CT molecular complexity index is 278. The first-order valence-electron chi connectivity index (χ1n) is 3.73. The van der Waals surface area contributed by atoms with Crippen molar-refractivity contribution in [3.63, 3.8) is 0 Å². The zero-order valence-electron chi connectivity index (χ0n) is 7.09. The molecule has 5 heteroatoms. The molecule has 0 aromatic carbocycles. The topological polar surface area (TPSA) is 12.9 Å². The molecule has 0 saturated carbocycles. The molecule has 0 aliphatic rings. The number of halogens is 2. The van der Waals surface area contributed by atoms with E-state index in [4.69, 9.17) is 0 Å². The monoisotopic (exact) mass is 221 g/mol. The van der Waals surface area contributed by atoms with E-state index >= 15 is 0 Å². The van der Waals surface area contributed by atoms with Crippen molar-refractivity contribution in [2.45, 2.75) is 17.7 Å². The van der Waals surface area contributed by atoms with Gasteiger partial charge in [-0.15, -0.1) is 11.3 Å². The maximum absolute atomic E-state index is 12.0. The highest BCUT2D eigenvalue weighted by Crippen LogP contribution is 2.23. The molecule has 0 unspecified atom stereocenters. The van der Waals surface area contributed by atoms with Crippen molar-refractivity contribution in [3.05, 3.63) is 23.2 Å². The van der Waals surface area contributed by atoms with Crippen LogP contribution >= 0.6 is 23.1 Å². The minimum absolute atomic E-state index is 0.170. The highest BCUT2D eigenvalue weighted by Gasteiger charge is 2.01. The minimum atomic E-state index is -1.56. The predicted octanol–water partition coefficient (Wildman–Crippen LogP) is 3.80. The second-order valence-electron chi connectivity index (χ2n) is 2.44. The minimum Gasteiger partial charge on any atom is -0.238 e. The summed E-state index contributed by atoms with van der Waals surface area (Å²) in [6, 6.07) is 0. The third kappa shape index (κ3) is 3.87. The van der Waals surface area contributed by atoms with E-state index < -0.39 is 6.08 Å². The Morgan fingerprint density at radius 2 is 2.38 bits per heavy atom. The van der Waals surface area contributed by atoms with E-state index in [1.807, 2.05) is 5.38 Å². The molecular formula is C8H9F2NS2. The maximum Gasteiger partial charge on any atom is 0.269 e. The van der Waals surface area contributed by atoms with Gasteiger partial charge in [-0.2, -0.15) is 8.78 Å². The number of thiazole rings is 1. The summed E-state index contributed by atoms with van der Waals surface area (Å²) < 4.78 is 24.8. The standard InChI is InChI=1S/C8H9F2NS2/c1-6(7(9)10)2-4-12-8-11-3-5-13-8/h3,5H,2,4H2,1H3. The van der Waals surface area contributed by atoms with Crippen molar-refractivity contribution >= 4 is 23.1 Å².